The first-order valence-corrected chi connectivity index (χ1v) is 13.3. The minimum atomic E-state index is -4.04. The van der Waals surface area contributed by atoms with Gasteiger partial charge in [0.2, 0.25) is 15.6 Å². The number of rotatable bonds is 6. The maximum Gasteiger partial charge on any atom is 0.207 e. The van der Waals surface area contributed by atoms with Gasteiger partial charge in [-0.1, -0.05) is 102 Å². The number of hydrogen-bond donors (Lipinski definition) is 0. The van der Waals surface area contributed by atoms with E-state index in [2.05, 4.69) is 0 Å². The number of hydrogen-bond acceptors (Lipinski definition) is 4. The highest BCUT2D eigenvalue weighted by Crippen LogP contribution is 2.48. The van der Waals surface area contributed by atoms with E-state index in [1.54, 1.807) is 84.9 Å². The van der Waals surface area contributed by atoms with Crippen molar-refractivity contribution in [3.8, 4) is 0 Å². The molecule has 0 amide bonds. The normalized spacial score (nSPS) is 17.6. The van der Waals surface area contributed by atoms with Gasteiger partial charge < -0.3 is 4.74 Å². The molecule has 0 fully saturated rings. The molecule has 1 aliphatic rings. The summed E-state index contributed by atoms with van der Waals surface area (Å²) in [6, 6.07) is 31.4. The maximum absolute atomic E-state index is 14.2. The molecular weight excluding hydrogens is 492 g/mol. The molecule has 0 aliphatic carbocycles. The third-order valence-electron chi connectivity index (χ3n) is 6.26. The van der Waals surface area contributed by atoms with Crippen LogP contribution in [0.2, 0.25) is 5.02 Å². The van der Waals surface area contributed by atoms with Gasteiger partial charge >= 0.3 is 0 Å². The zero-order chi connectivity index (χ0) is 25.3. The molecule has 0 bridgehead atoms. The molecule has 0 spiro atoms. The lowest BCUT2D eigenvalue weighted by atomic mass is 9.89. The molecule has 1 aliphatic heterocycles. The Hall–Kier alpha value is -3.67. The number of ether oxygens (including phenoxy) is 1. The molecule has 0 unspecified atom stereocenters. The van der Waals surface area contributed by atoms with Crippen molar-refractivity contribution in [2.24, 2.45) is 0 Å². The van der Waals surface area contributed by atoms with E-state index < -0.39 is 21.9 Å². The van der Waals surface area contributed by atoms with Gasteiger partial charge in [-0.2, -0.15) is 0 Å². The first-order valence-electron chi connectivity index (χ1n) is 11.5. The van der Waals surface area contributed by atoms with Crippen LogP contribution in [-0.4, -0.2) is 20.3 Å². The second-order valence-electron chi connectivity index (χ2n) is 8.67. The molecule has 0 saturated heterocycles. The van der Waals surface area contributed by atoms with E-state index in [1.807, 2.05) is 31.2 Å². The molecule has 0 radical (unpaired) electrons. The topological polar surface area (TPSA) is 60.4 Å². The number of carbonyl (C=O) groups is 1. The van der Waals surface area contributed by atoms with Crippen molar-refractivity contribution >= 4 is 33.0 Å². The standard InChI is InChI=1S/C30H23ClO4S/c1-20-12-18-25(19-13-20)36(33,34)30-26(21-14-16-24(31)17-15-21)29(27(32)22-8-4-2-5-9-22)35-28(30)23-10-6-3-7-11-23/h2-19,26,29H,1H3/t26-,29+/m1/s1. The third kappa shape index (κ3) is 4.48. The Morgan fingerprint density at radius 1 is 0.778 bits per heavy atom. The van der Waals surface area contributed by atoms with Crippen LogP contribution in [0.4, 0.5) is 0 Å². The van der Waals surface area contributed by atoms with Crippen molar-refractivity contribution in [3.63, 3.8) is 0 Å². The lowest BCUT2D eigenvalue weighted by Crippen LogP contribution is -2.28. The summed E-state index contributed by atoms with van der Waals surface area (Å²) in [5.41, 5.74) is 2.61. The molecule has 6 heteroatoms. The van der Waals surface area contributed by atoms with Gasteiger partial charge in [-0.25, -0.2) is 8.42 Å². The number of halogens is 1. The van der Waals surface area contributed by atoms with Gasteiger partial charge in [-0.15, -0.1) is 0 Å². The quantitative estimate of drug-likeness (QED) is 0.264. The van der Waals surface area contributed by atoms with E-state index in [4.69, 9.17) is 16.3 Å². The molecule has 180 valence electrons. The number of sulfone groups is 1. The van der Waals surface area contributed by atoms with E-state index >= 15 is 0 Å². The van der Waals surface area contributed by atoms with Gasteiger partial charge in [-0.3, -0.25) is 4.79 Å². The Morgan fingerprint density at radius 2 is 1.36 bits per heavy atom. The number of aryl methyl sites for hydroxylation is 1. The van der Waals surface area contributed by atoms with E-state index in [-0.39, 0.29) is 21.3 Å². The first-order chi connectivity index (χ1) is 17.4. The van der Waals surface area contributed by atoms with Crippen LogP contribution in [0.15, 0.2) is 119 Å². The summed E-state index contributed by atoms with van der Waals surface area (Å²) in [6.07, 6.45) is -1.07. The Kier molecular flexibility index (Phi) is 6.52. The van der Waals surface area contributed by atoms with Crippen LogP contribution >= 0.6 is 11.6 Å². The zero-order valence-electron chi connectivity index (χ0n) is 19.5. The summed E-state index contributed by atoms with van der Waals surface area (Å²) in [7, 11) is -4.04. The zero-order valence-corrected chi connectivity index (χ0v) is 21.0. The van der Waals surface area contributed by atoms with Gasteiger partial charge in [0.05, 0.1) is 10.8 Å². The van der Waals surface area contributed by atoms with Crippen molar-refractivity contribution < 1.29 is 17.9 Å². The highest BCUT2D eigenvalue weighted by molar-refractivity contribution is 7.95. The summed E-state index contributed by atoms with van der Waals surface area (Å²) in [4.78, 5) is 14.0. The van der Waals surface area contributed by atoms with Crippen molar-refractivity contribution in [1.82, 2.24) is 0 Å². The van der Waals surface area contributed by atoms with Crippen LogP contribution < -0.4 is 0 Å². The molecule has 4 aromatic carbocycles. The summed E-state index contributed by atoms with van der Waals surface area (Å²) in [5.74, 6) is -0.972. The molecule has 4 aromatic rings. The van der Waals surface area contributed by atoms with Gasteiger partial charge in [0, 0.05) is 16.1 Å². The Labute approximate surface area is 215 Å². The van der Waals surface area contributed by atoms with Gasteiger partial charge in [0.15, 0.2) is 6.10 Å². The lowest BCUT2D eigenvalue weighted by Gasteiger charge is -2.21. The average molecular weight is 515 g/mol. The number of carbonyl (C=O) groups excluding carboxylic acids is 1. The highest BCUT2D eigenvalue weighted by atomic mass is 35.5. The smallest absolute Gasteiger partial charge is 0.207 e. The molecule has 2 atom stereocenters. The average Bonchev–Trinajstić information content (AvgIpc) is 3.31. The fourth-order valence-electron chi connectivity index (χ4n) is 4.43. The van der Waals surface area contributed by atoms with Crippen LogP contribution in [-0.2, 0) is 14.6 Å². The Morgan fingerprint density at radius 3 is 1.97 bits per heavy atom. The molecule has 0 N–H and O–H groups in total. The van der Waals surface area contributed by atoms with Crippen LogP contribution in [0, 0.1) is 6.92 Å². The summed E-state index contributed by atoms with van der Waals surface area (Å²) >= 11 is 6.15. The Balaban J connectivity index is 1.76. The van der Waals surface area contributed by atoms with Gasteiger partial charge in [0.25, 0.3) is 0 Å². The molecule has 1 heterocycles. The predicted molar refractivity (Wildman–Crippen MR) is 142 cm³/mol. The van der Waals surface area contributed by atoms with E-state index in [9.17, 15) is 13.2 Å². The minimum absolute atomic E-state index is 0.0640. The largest absolute Gasteiger partial charge is 0.480 e. The van der Waals surface area contributed by atoms with E-state index in [1.165, 1.54) is 0 Å². The maximum atomic E-state index is 14.2. The van der Waals surface area contributed by atoms with Crippen LogP contribution in [0.1, 0.15) is 33.0 Å². The third-order valence-corrected chi connectivity index (χ3v) is 8.42. The number of benzene rings is 4. The van der Waals surface area contributed by atoms with Crippen LogP contribution in [0.3, 0.4) is 0 Å². The minimum Gasteiger partial charge on any atom is -0.480 e. The molecule has 5 rings (SSSR count). The molecule has 4 nitrogen and oxygen atoms in total. The first kappa shape index (κ1) is 24.0. The van der Waals surface area contributed by atoms with Crippen molar-refractivity contribution in [1.29, 1.82) is 0 Å². The van der Waals surface area contributed by atoms with Crippen molar-refractivity contribution in [3.05, 3.63) is 141 Å². The monoisotopic (exact) mass is 514 g/mol. The second kappa shape index (κ2) is 9.76. The number of ketones is 1. The summed E-state index contributed by atoms with van der Waals surface area (Å²) in [5, 5.41) is 0.513. The SMILES string of the molecule is Cc1ccc(S(=O)(=O)C2=C(c3ccccc3)O[C@H](C(=O)c3ccccc3)[C@H]2c2ccc(Cl)cc2)cc1. The molecular formula is C30H23ClO4S. The summed E-state index contributed by atoms with van der Waals surface area (Å²) in [6.45, 7) is 1.90. The van der Waals surface area contributed by atoms with Crippen molar-refractivity contribution in [2.75, 3.05) is 0 Å². The van der Waals surface area contributed by atoms with Crippen LogP contribution in [0.25, 0.3) is 5.76 Å². The van der Waals surface area contributed by atoms with Gasteiger partial charge in [0.1, 0.15) is 10.7 Å². The van der Waals surface area contributed by atoms with Crippen LogP contribution in [0.5, 0.6) is 0 Å². The van der Waals surface area contributed by atoms with E-state index in [0.717, 1.165) is 5.56 Å². The summed E-state index contributed by atoms with van der Waals surface area (Å²) < 4.78 is 34.7. The fourth-order valence-corrected chi connectivity index (χ4v) is 6.31. The van der Waals surface area contributed by atoms with Crippen molar-refractivity contribution in [2.45, 2.75) is 23.8 Å². The predicted octanol–water partition coefficient (Wildman–Crippen LogP) is 6.86. The fraction of sp³-hybridized carbons (Fsp3) is 0.100. The van der Waals surface area contributed by atoms with E-state index in [0.29, 0.717) is 21.7 Å². The van der Waals surface area contributed by atoms with Gasteiger partial charge in [-0.05, 0) is 36.8 Å². The lowest BCUT2D eigenvalue weighted by molar-refractivity contribution is 0.0754. The Bertz CT molecular complexity index is 1530. The number of Topliss-reactive ketones (excluding diaryl/α,β-unsaturated/α-hetero) is 1. The highest BCUT2D eigenvalue weighted by Gasteiger charge is 2.48. The second-order valence-corrected chi connectivity index (χ2v) is 11.0. The molecule has 0 saturated carbocycles. The molecule has 36 heavy (non-hydrogen) atoms. The molecule has 0 aromatic heterocycles.